The van der Waals surface area contributed by atoms with Crippen LogP contribution in [0.3, 0.4) is 0 Å². The van der Waals surface area contributed by atoms with E-state index in [0.29, 0.717) is 5.82 Å². The summed E-state index contributed by atoms with van der Waals surface area (Å²) in [5.74, 6) is 7.83. The van der Waals surface area contributed by atoms with Crippen LogP contribution in [0.2, 0.25) is 0 Å². The van der Waals surface area contributed by atoms with E-state index in [1.54, 1.807) is 0 Å². The number of hydrogen-bond donors (Lipinski definition) is 2. The highest BCUT2D eigenvalue weighted by Gasteiger charge is 2.20. The van der Waals surface area contributed by atoms with Gasteiger partial charge in [0.25, 0.3) is 0 Å². The molecule has 0 saturated carbocycles. The Morgan fingerprint density at radius 1 is 1.24 bits per heavy atom. The maximum absolute atomic E-state index is 5.46. The summed E-state index contributed by atoms with van der Waals surface area (Å²) >= 11 is 0. The van der Waals surface area contributed by atoms with Crippen LogP contribution >= 0.6 is 0 Å². The second-order valence-corrected chi connectivity index (χ2v) is 5.00. The summed E-state index contributed by atoms with van der Waals surface area (Å²) in [6.45, 7) is 12.3. The Labute approximate surface area is 103 Å². The molecule has 0 atom stereocenters. The smallest absolute Gasteiger partial charge is 0.145 e. The topological polar surface area (TPSA) is 67.1 Å². The van der Waals surface area contributed by atoms with Gasteiger partial charge in [-0.3, -0.25) is 0 Å². The molecule has 0 saturated heterocycles. The van der Waals surface area contributed by atoms with Gasteiger partial charge in [-0.15, -0.1) is 0 Å². The summed E-state index contributed by atoms with van der Waals surface area (Å²) < 4.78 is 0. The van der Waals surface area contributed by atoms with Crippen LogP contribution in [0, 0.1) is 0 Å². The first-order chi connectivity index (χ1) is 7.92. The van der Waals surface area contributed by atoms with Crippen molar-refractivity contribution in [3.8, 4) is 0 Å². The normalized spacial score (nSPS) is 11.4. The van der Waals surface area contributed by atoms with Gasteiger partial charge in [0, 0.05) is 24.6 Å². The average molecular weight is 237 g/mol. The average Bonchev–Trinajstić information content (AvgIpc) is 2.29. The van der Waals surface area contributed by atoms with E-state index in [1.807, 2.05) is 6.07 Å². The van der Waals surface area contributed by atoms with Gasteiger partial charge in [0.15, 0.2) is 0 Å². The molecule has 17 heavy (non-hydrogen) atoms. The molecule has 3 N–H and O–H groups in total. The number of aromatic nitrogens is 2. The van der Waals surface area contributed by atoms with Crippen molar-refractivity contribution in [1.82, 2.24) is 9.97 Å². The van der Waals surface area contributed by atoms with Crippen LogP contribution < -0.4 is 16.2 Å². The lowest BCUT2D eigenvalue weighted by Crippen LogP contribution is -2.26. The zero-order chi connectivity index (χ0) is 13.1. The predicted molar refractivity (Wildman–Crippen MR) is 72.1 cm³/mol. The van der Waals surface area contributed by atoms with Crippen molar-refractivity contribution in [2.75, 3.05) is 23.4 Å². The Hall–Kier alpha value is -1.36. The van der Waals surface area contributed by atoms with Crippen LogP contribution in [-0.4, -0.2) is 23.1 Å². The van der Waals surface area contributed by atoms with Crippen molar-refractivity contribution < 1.29 is 0 Å². The van der Waals surface area contributed by atoms with Crippen molar-refractivity contribution in [3.05, 3.63) is 11.9 Å². The van der Waals surface area contributed by atoms with E-state index in [9.17, 15) is 0 Å². The fraction of sp³-hybridized carbons (Fsp3) is 0.667. The van der Waals surface area contributed by atoms with Crippen molar-refractivity contribution in [1.29, 1.82) is 0 Å². The zero-order valence-electron chi connectivity index (χ0n) is 11.4. The third-order valence-electron chi connectivity index (χ3n) is 2.62. The minimum atomic E-state index is -0.0885. The van der Waals surface area contributed by atoms with Gasteiger partial charge in [0.05, 0.1) is 0 Å². The van der Waals surface area contributed by atoms with Gasteiger partial charge < -0.3 is 10.3 Å². The summed E-state index contributed by atoms with van der Waals surface area (Å²) in [5, 5.41) is 0. The van der Waals surface area contributed by atoms with Gasteiger partial charge in [-0.05, 0) is 13.8 Å². The summed E-state index contributed by atoms with van der Waals surface area (Å²) in [4.78, 5) is 11.2. The van der Waals surface area contributed by atoms with Gasteiger partial charge in [-0.1, -0.05) is 20.8 Å². The first-order valence-corrected chi connectivity index (χ1v) is 6.03. The number of hydrazine groups is 1. The first-order valence-electron chi connectivity index (χ1n) is 6.03. The molecule has 1 heterocycles. The second kappa shape index (κ2) is 5.31. The Balaban J connectivity index is 3.22. The molecular weight excluding hydrogens is 214 g/mol. The minimum Gasteiger partial charge on any atom is -0.357 e. The molecular formula is C12H23N5. The van der Waals surface area contributed by atoms with Crippen LogP contribution in [0.25, 0.3) is 0 Å². The standard InChI is InChI=1S/C12H23N5/c1-6-17(7-2)10-8-9(16-13)14-11(15-10)12(3,4)5/h8H,6-7,13H2,1-5H3,(H,14,15,16). The summed E-state index contributed by atoms with van der Waals surface area (Å²) in [7, 11) is 0. The number of hydrogen-bond acceptors (Lipinski definition) is 5. The van der Waals surface area contributed by atoms with Gasteiger partial charge in [-0.25, -0.2) is 15.8 Å². The zero-order valence-corrected chi connectivity index (χ0v) is 11.4. The molecule has 1 rings (SSSR count). The van der Waals surface area contributed by atoms with E-state index >= 15 is 0 Å². The van der Waals surface area contributed by atoms with Crippen LogP contribution in [-0.2, 0) is 5.41 Å². The Kier molecular flexibility index (Phi) is 4.28. The highest BCUT2D eigenvalue weighted by molar-refractivity contribution is 5.49. The lowest BCUT2D eigenvalue weighted by atomic mass is 9.96. The molecule has 0 fully saturated rings. The quantitative estimate of drug-likeness (QED) is 0.618. The van der Waals surface area contributed by atoms with Crippen LogP contribution in [0.1, 0.15) is 40.4 Å². The largest absolute Gasteiger partial charge is 0.357 e. The maximum Gasteiger partial charge on any atom is 0.145 e. The van der Waals surface area contributed by atoms with E-state index in [2.05, 4.69) is 54.9 Å². The molecule has 0 aromatic carbocycles. The highest BCUT2D eigenvalue weighted by Crippen LogP contribution is 2.23. The summed E-state index contributed by atoms with van der Waals surface area (Å²) in [5.41, 5.74) is 2.52. The highest BCUT2D eigenvalue weighted by atomic mass is 15.3. The number of nitrogens with two attached hydrogens (primary N) is 1. The van der Waals surface area contributed by atoms with Crippen molar-refractivity contribution in [3.63, 3.8) is 0 Å². The lowest BCUT2D eigenvalue weighted by Gasteiger charge is -2.24. The summed E-state index contributed by atoms with van der Waals surface area (Å²) in [6, 6.07) is 1.88. The molecule has 0 spiro atoms. The van der Waals surface area contributed by atoms with Gasteiger partial charge in [-0.2, -0.15) is 0 Å². The van der Waals surface area contributed by atoms with E-state index in [4.69, 9.17) is 5.84 Å². The van der Waals surface area contributed by atoms with Crippen molar-refractivity contribution >= 4 is 11.6 Å². The van der Waals surface area contributed by atoms with Crippen LogP contribution in [0.15, 0.2) is 6.07 Å². The number of rotatable bonds is 4. The van der Waals surface area contributed by atoms with E-state index < -0.39 is 0 Å². The molecule has 1 aromatic heterocycles. The van der Waals surface area contributed by atoms with E-state index in [0.717, 1.165) is 24.7 Å². The molecule has 0 unspecified atom stereocenters. The molecule has 1 aromatic rings. The molecule has 0 aliphatic heterocycles. The van der Waals surface area contributed by atoms with E-state index in [-0.39, 0.29) is 5.41 Å². The fourth-order valence-electron chi connectivity index (χ4n) is 1.55. The number of nitrogens with zero attached hydrogens (tertiary/aromatic N) is 3. The maximum atomic E-state index is 5.46. The van der Waals surface area contributed by atoms with Crippen LogP contribution in [0.4, 0.5) is 11.6 Å². The molecule has 0 aliphatic carbocycles. The molecule has 0 aliphatic rings. The third-order valence-corrected chi connectivity index (χ3v) is 2.62. The minimum absolute atomic E-state index is 0.0885. The number of anilines is 2. The lowest BCUT2D eigenvalue weighted by molar-refractivity contribution is 0.545. The Morgan fingerprint density at radius 3 is 2.24 bits per heavy atom. The monoisotopic (exact) mass is 237 g/mol. The Bertz CT molecular complexity index is 366. The molecule has 5 nitrogen and oxygen atoms in total. The number of nitrogen functional groups attached to an aromatic ring is 1. The summed E-state index contributed by atoms with van der Waals surface area (Å²) in [6.07, 6.45) is 0. The van der Waals surface area contributed by atoms with Crippen molar-refractivity contribution in [2.45, 2.75) is 40.0 Å². The van der Waals surface area contributed by atoms with Gasteiger partial charge in [0.1, 0.15) is 17.5 Å². The van der Waals surface area contributed by atoms with Crippen LogP contribution in [0.5, 0.6) is 0 Å². The second-order valence-electron chi connectivity index (χ2n) is 5.00. The molecule has 5 heteroatoms. The molecule has 0 amide bonds. The number of nitrogens with one attached hydrogen (secondary N) is 1. The van der Waals surface area contributed by atoms with E-state index in [1.165, 1.54) is 0 Å². The molecule has 0 bridgehead atoms. The predicted octanol–water partition coefficient (Wildman–Crippen LogP) is 1.91. The molecule has 0 radical (unpaired) electrons. The SMILES string of the molecule is CCN(CC)c1cc(NN)nc(C(C)(C)C)n1. The fourth-order valence-corrected chi connectivity index (χ4v) is 1.55. The van der Waals surface area contributed by atoms with Gasteiger partial charge >= 0.3 is 0 Å². The first kappa shape index (κ1) is 13.7. The Morgan fingerprint density at radius 2 is 1.82 bits per heavy atom. The van der Waals surface area contributed by atoms with Gasteiger partial charge in [0.2, 0.25) is 0 Å². The molecule has 96 valence electrons. The van der Waals surface area contributed by atoms with Crippen molar-refractivity contribution in [2.24, 2.45) is 5.84 Å². The third kappa shape index (κ3) is 3.30.